The summed E-state index contributed by atoms with van der Waals surface area (Å²) in [6.07, 6.45) is 15.6. The van der Waals surface area contributed by atoms with E-state index in [-0.39, 0.29) is 16.9 Å². The number of thioether (sulfide) groups is 1. The summed E-state index contributed by atoms with van der Waals surface area (Å²) in [7, 11) is 4.51. The van der Waals surface area contributed by atoms with Crippen LogP contribution in [-0.2, 0) is 17.8 Å². The van der Waals surface area contributed by atoms with Gasteiger partial charge in [-0.25, -0.2) is 14.8 Å². The first-order chi connectivity index (χ1) is 32.7. The third kappa shape index (κ3) is 18.1. The molecule has 0 bridgehead atoms. The number of likely N-dealkylation sites (N-methyl/N-ethyl adjacent to an activating group) is 2. The Balaban J connectivity index is 1.06. The zero-order valence-electron chi connectivity index (χ0n) is 42.5. The Morgan fingerprint density at radius 2 is 1.65 bits per heavy atom. The molecule has 3 aromatic rings. The largest absolute Gasteiger partial charge is 0.478 e. The second-order valence-electron chi connectivity index (χ2n) is 20.4. The molecule has 2 saturated carbocycles. The number of allylic oxidation sites excluding steroid dienone is 1. The van der Waals surface area contributed by atoms with Gasteiger partial charge in [-0.2, -0.15) is 0 Å². The zero-order chi connectivity index (χ0) is 49.1. The number of hydrogen-bond donors (Lipinski definition) is 7. The number of aromatic nitrogens is 2. The fourth-order valence-electron chi connectivity index (χ4n) is 9.65. The van der Waals surface area contributed by atoms with Crippen LogP contribution in [0.15, 0.2) is 58.9 Å². The Labute approximate surface area is 418 Å². The number of benzene rings is 2. The van der Waals surface area contributed by atoms with Crippen LogP contribution in [-0.4, -0.2) is 103 Å². The Kier molecular flexibility index (Phi) is 22.7. The number of halogens is 1. The number of carboxylic acid groups (broad SMARTS) is 1. The highest BCUT2D eigenvalue weighted by Crippen LogP contribution is 2.43. The van der Waals surface area contributed by atoms with E-state index in [1.807, 2.05) is 24.3 Å². The van der Waals surface area contributed by atoms with Crippen LogP contribution < -0.4 is 27.0 Å². The maximum atomic E-state index is 12.2. The van der Waals surface area contributed by atoms with Gasteiger partial charge in [-0.05, 0) is 168 Å². The van der Waals surface area contributed by atoms with Gasteiger partial charge < -0.3 is 47.3 Å². The number of nitrogen functional groups attached to an aromatic ring is 1. The van der Waals surface area contributed by atoms with Gasteiger partial charge in [0.2, 0.25) is 0 Å². The molecular weight excluding hydrogens is 888 g/mol. The minimum Gasteiger partial charge on any atom is -0.478 e. The smallest absolute Gasteiger partial charge is 0.339 e. The summed E-state index contributed by atoms with van der Waals surface area (Å²) in [6, 6.07) is 14.8. The standard InChI is InChI=1S/C54H85ClN10O2S/c1-8-21-54(5,35-40-31-44(43-14-12-13-42(33-43)38(3)4)34-46(32-40)61-49(41-17-18-41)47(36-56)52(66)67)22-27-65(7)29-28-64(6)26-11-10-23-58-24-25-59-50-48(57)51(63-53(62-50)68-30-9-2)60-37-39-15-19-45(55)20-16-39/h15-16,19-20,31-32,34,36,38,41-43,56,58,61H,8-14,17-18,21-30,33,35,37,57H2,1-7H3,(H,66,67)(H2,59,60,62,63)/b49-47+,56-36?. The molecule has 1 aromatic heterocycles. The third-order valence-electron chi connectivity index (χ3n) is 14.0. The Morgan fingerprint density at radius 3 is 2.31 bits per heavy atom. The van der Waals surface area contributed by atoms with Crippen LogP contribution in [0.1, 0.15) is 134 Å². The van der Waals surface area contributed by atoms with E-state index in [1.54, 1.807) is 11.8 Å². The van der Waals surface area contributed by atoms with Crippen molar-refractivity contribution >= 4 is 58.6 Å². The van der Waals surface area contributed by atoms with E-state index < -0.39 is 5.97 Å². The van der Waals surface area contributed by atoms with E-state index in [0.717, 1.165) is 126 Å². The summed E-state index contributed by atoms with van der Waals surface area (Å²) < 4.78 is 0. The van der Waals surface area contributed by atoms with E-state index >= 15 is 0 Å². The van der Waals surface area contributed by atoms with Gasteiger partial charge in [0.05, 0.1) is 5.57 Å². The maximum absolute atomic E-state index is 12.2. The predicted molar refractivity (Wildman–Crippen MR) is 289 cm³/mol. The molecule has 2 aliphatic carbocycles. The van der Waals surface area contributed by atoms with Gasteiger partial charge in [-0.15, -0.1) is 0 Å². The molecule has 2 fully saturated rings. The van der Waals surface area contributed by atoms with Crippen molar-refractivity contribution in [3.63, 3.8) is 0 Å². The molecule has 0 amide bonds. The average molecular weight is 974 g/mol. The topological polar surface area (TPSA) is 168 Å². The molecule has 1 heterocycles. The molecule has 0 aliphatic heterocycles. The van der Waals surface area contributed by atoms with Gasteiger partial charge in [-0.3, -0.25) is 0 Å². The first-order valence-corrected chi connectivity index (χ1v) is 27.1. The minimum atomic E-state index is -1.03. The quantitative estimate of drug-likeness (QED) is 0.0104. The van der Waals surface area contributed by atoms with Crippen molar-refractivity contribution in [2.45, 2.75) is 136 Å². The van der Waals surface area contributed by atoms with E-state index in [2.05, 4.69) is 98.0 Å². The predicted octanol–water partition coefficient (Wildman–Crippen LogP) is 11.7. The fourth-order valence-corrected chi connectivity index (χ4v) is 10.5. The number of aliphatic carboxylic acids is 1. The van der Waals surface area contributed by atoms with Gasteiger partial charge in [0.1, 0.15) is 5.69 Å². The van der Waals surface area contributed by atoms with Crippen molar-refractivity contribution in [2.24, 2.45) is 23.2 Å². The van der Waals surface area contributed by atoms with Crippen molar-refractivity contribution in [1.29, 1.82) is 5.41 Å². The van der Waals surface area contributed by atoms with Crippen molar-refractivity contribution in [1.82, 2.24) is 25.1 Å². The molecule has 3 unspecified atom stereocenters. The monoisotopic (exact) mass is 973 g/mol. The third-order valence-corrected chi connectivity index (χ3v) is 15.3. The van der Waals surface area contributed by atoms with E-state index in [1.165, 1.54) is 36.8 Å². The Hall–Kier alpha value is -3.88. The Bertz CT molecular complexity index is 2060. The highest BCUT2D eigenvalue weighted by Gasteiger charge is 2.32. The van der Waals surface area contributed by atoms with Crippen LogP contribution in [0.4, 0.5) is 23.0 Å². The normalized spacial score (nSPS) is 17.6. The van der Waals surface area contributed by atoms with Gasteiger partial charge in [-0.1, -0.05) is 95.4 Å². The van der Waals surface area contributed by atoms with Crippen molar-refractivity contribution in [3.8, 4) is 0 Å². The van der Waals surface area contributed by atoms with E-state index in [9.17, 15) is 9.90 Å². The molecule has 376 valence electrons. The van der Waals surface area contributed by atoms with Crippen LogP contribution in [0.5, 0.6) is 0 Å². The van der Waals surface area contributed by atoms with Crippen LogP contribution in [0, 0.1) is 28.6 Å². The summed E-state index contributed by atoms with van der Waals surface area (Å²) in [6.45, 7) is 18.9. The second kappa shape index (κ2) is 28.1. The molecule has 3 atom stereocenters. The molecule has 2 aromatic carbocycles. The maximum Gasteiger partial charge on any atom is 0.339 e. The number of rotatable bonds is 32. The van der Waals surface area contributed by atoms with Crippen molar-refractivity contribution in [3.05, 3.63) is 75.4 Å². The van der Waals surface area contributed by atoms with E-state index in [0.29, 0.717) is 58.1 Å². The summed E-state index contributed by atoms with van der Waals surface area (Å²) in [5, 5.41) is 33.4. The number of nitrogens with one attached hydrogen (secondary N) is 5. The number of nitrogens with zero attached hydrogens (tertiary/aromatic N) is 4. The molecule has 68 heavy (non-hydrogen) atoms. The summed E-state index contributed by atoms with van der Waals surface area (Å²) >= 11 is 7.71. The molecule has 2 aliphatic rings. The molecular formula is C54H85ClN10O2S. The molecule has 8 N–H and O–H groups in total. The molecule has 0 radical (unpaired) electrons. The molecule has 5 rings (SSSR count). The number of anilines is 4. The van der Waals surface area contributed by atoms with Crippen LogP contribution >= 0.6 is 23.4 Å². The van der Waals surface area contributed by atoms with E-state index in [4.69, 9.17) is 32.7 Å². The SMILES string of the molecule is CCCSc1nc(NCCNCCCCN(C)CCN(C)CCC(C)(CCC)Cc2cc(N/C(=C(\C=N)C(=O)O)C3CC3)cc(C3CCCC(C(C)C)C3)c2)c(N)c(NCc2ccc(Cl)cc2)n1. The second-order valence-corrected chi connectivity index (χ2v) is 21.9. The van der Waals surface area contributed by atoms with Crippen LogP contribution in [0.3, 0.4) is 0 Å². The van der Waals surface area contributed by atoms with Gasteiger partial charge >= 0.3 is 5.97 Å². The lowest BCUT2D eigenvalue weighted by Crippen LogP contribution is -2.34. The number of nitrogens with two attached hydrogens (primary N) is 1. The lowest BCUT2D eigenvalue weighted by Gasteiger charge is -2.34. The summed E-state index contributed by atoms with van der Waals surface area (Å²) in [4.78, 5) is 26.6. The number of unbranched alkanes of at least 4 members (excludes halogenated alkanes) is 1. The first kappa shape index (κ1) is 55.1. The van der Waals surface area contributed by atoms with Crippen molar-refractivity contribution < 1.29 is 9.90 Å². The van der Waals surface area contributed by atoms with Gasteiger partial charge in [0.15, 0.2) is 16.8 Å². The molecule has 0 saturated heterocycles. The lowest BCUT2D eigenvalue weighted by atomic mass is 9.72. The fraction of sp³-hybridized carbons (Fsp3) is 0.630. The highest BCUT2D eigenvalue weighted by molar-refractivity contribution is 7.99. The minimum absolute atomic E-state index is 0.0789. The first-order valence-electron chi connectivity index (χ1n) is 25.7. The summed E-state index contributed by atoms with van der Waals surface area (Å²) in [5.74, 6) is 3.30. The summed E-state index contributed by atoms with van der Waals surface area (Å²) in [5.41, 5.74) is 12.8. The number of hydrogen-bond acceptors (Lipinski definition) is 12. The number of carboxylic acids is 1. The number of carbonyl (C=O) groups is 1. The van der Waals surface area contributed by atoms with Crippen LogP contribution in [0.2, 0.25) is 5.02 Å². The molecule has 12 nitrogen and oxygen atoms in total. The molecule has 14 heteroatoms. The molecule has 0 spiro atoms. The highest BCUT2D eigenvalue weighted by atomic mass is 35.5. The zero-order valence-corrected chi connectivity index (χ0v) is 44.1. The van der Waals surface area contributed by atoms with Gasteiger partial charge in [0.25, 0.3) is 0 Å². The average Bonchev–Trinajstić information content (AvgIpc) is 4.17. The Morgan fingerprint density at radius 1 is 0.926 bits per heavy atom. The van der Waals surface area contributed by atoms with Crippen molar-refractivity contribution in [2.75, 3.05) is 87.3 Å². The van der Waals surface area contributed by atoms with Crippen LogP contribution in [0.25, 0.3) is 0 Å². The lowest BCUT2D eigenvalue weighted by molar-refractivity contribution is -0.132. The van der Waals surface area contributed by atoms with Gasteiger partial charge in [0, 0.05) is 61.1 Å².